The molecule has 0 saturated heterocycles. The zero-order valence-electron chi connectivity index (χ0n) is 11.5. The highest BCUT2D eigenvalue weighted by Crippen LogP contribution is 2.41. The van der Waals surface area contributed by atoms with Crippen LogP contribution in [0.25, 0.3) is 0 Å². The Morgan fingerprint density at radius 2 is 1.80 bits per heavy atom. The molecule has 4 rings (SSSR count). The van der Waals surface area contributed by atoms with Crippen molar-refractivity contribution >= 4 is 5.69 Å². The summed E-state index contributed by atoms with van der Waals surface area (Å²) in [5.41, 5.74) is 4.27. The Kier molecular flexibility index (Phi) is 2.96. The highest BCUT2D eigenvalue weighted by molar-refractivity contribution is 5.57. The van der Waals surface area contributed by atoms with Crippen molar-refractivity contribution in [1.82, 2.24) is 5.32 Å². The van der Waals surface area contributed by atoms with Crippen molar-refractivity contribution in [2.24, 2.45) is 0 Å². The van der Waals surface area contributed by atoms with Crippen LogP contribution in [0.2, 0.25) is 0 Å². The molecule has 1 aliphatic carbocycles. The zero-order valence-corrected chi connectivity index (χ0v) is 11.5. The fraction of sp³-hybridized carbons (Fsp3) is 0.333. The number of hydrogen-bond donors (Lipinski definition) is 2. The second-order valence-electron chi connectivity index (χ2n) is 5.93. The predicted molar refractivity (Wildman–Crippen MR) is 83.3 cm³/mol. The summed E-state index contributed by atoms with van der Waals surface area (Å²) < 4.78 is 0. The molecule has 0 bridgehead atoms. The average Bonchev–Trinajstić information content (AvgIpc) is 3.18. The Labute approximate surface area is 120 Å². The molecule has 20 heavy (non-hydrogen) atoms. The molecule has 1 heterocycles. The van der Waals surface area contributed by atoms with E-state index in [1.165, 1.54) is 23.2 Å². The van der Waals surface area contributed by atoms with Crippen LogP contribution in [0.4, 0.5) is 5.69 Å². The van der Waals surface area contributed by atoms with Gasteiger partial charge in [-0.3, -0.25) is 0 Å². The highest BCUT2D eigenvalue weighted by atomic mass is 15.0. The zero-order chi connectivity index (χ0) is 13.4. The minimum atomic E-state index is 0.614. The van der Waals surface area contributed by atoms with Crippen molar-refractivity contribution < 1.29 is 0 Å². The molecule has 2 aromatic rings. The van der Waals surface area contributed by atoms with Gasteiger partial charge in [-0.15, -0.1) is 0 Å². The SMILES string of the molecule is c1ccc(C2CC2NCC2CNc3ccccc32)cc1. The van der Waals surface area contributed by atoms with E-state index in [0.717, 1.165) is 19.0 Å². The van der Waals surface area contributed by atoms with Gasteiger partial charge in [0, 0.05) is 36.7 Å². The van der Waals surface area contributed by atoms with E-state index in [4.69, 9.17) is 0 Å². The summed E-state index contributed by atoms with van der Waals surface area (Å²) in [5, 5.41) is 7.25. The maximum absolute atomic E-state index is 3.75. The van der Waals surface area contributed by atoms with Gasteiger partial charge in [0.05, 0.1) is 0 Å². The van der Waals surface area contributed by atoms with Gasteiger partial charge in [-0.05, 0) is 23.6 Å². The quantitative estimate of drug-likeness (QED) is 0.885. The number of benzene rings is 2. The molecule has 102 valence electrons. The largest absolute Gasteiger partial charge is 0.384 e. The molecule has 2 nitrogen and oxygen atoms in total. The van der Waals surface area contributed by atoms with Gasteiger partial charge < -0.3 is 10.6 Å². The van der Waals surface area contributed by atoms with Crippen LogP contribution in [0.15, 0.2) is 54.6 Å². The number of nitrogens with one attached hydrogen (secondary N) is 2. The average molecular weight is 264 g/mol. The lowest BCUT2D eigenvalue weighted by molar-refractivity contribution is 0.602. The highest BCUT2D eigenvalue weighted by Gasteiger charge is 2.38. The van der Waals surface area contributed by atoms with Crippen molar-refractivity contribution in [2.45, 2.75) is 24.3 Å². The van der Waals surface area contributed by atoms with Gasteiger partial charge >= 0.3 is 0 Å². The maximum atomic E-state index is 3.75. The Morgan fingerprint density at radius 1 is 1.00 bits per heavy atom. The van der Waals surface area contributed by atoms with Crippen molar-refractivity contribution in [3.8, 4) is 0 Å². The Bertz CT molecular complexity index is 593. The molecule has 2 heteroatoms. The number of fused-ring (bicyclic) bond motifs is 1. The van der Waals surface area contributed by atoms with Crippen molar-refractivity contribution in [3.05, 3.63) is 65.7 Å². The monoisotopic (exact) mass is 264 g/mol. The third kappa shape index (κ3) is 2.20. The van der Waals surface area contributed by atoms with Gasteiger partial charge in [-0.2, -0.15) is 0 Å². The van der Waals surface area contributed by atoms with Crippen molar-refractivity contribution in [2.75, 3.05) is 18.4 Å². The third-order valence-electron chi connectivity index (χ3n) is 4.58. The minimum Gasteiger partial charge on any atom is -0.384 e. The lowest BCUT2D eigenvalue weighted by atomic mass is 10.0. The van der Waals surface area contributed by atoms with E-state index in [0.29, 0.717) is 12.0 Å². The Morgan fingerprint density at radius 3 is 2.70 bits per heavy atom. The third-order valence-corrected chi connectivity index (χ3v) is 4.58. The van der Waals surface area contributed by atoms with E-state index in [1.807, 2.05) is 0 Å². The van der Waals surface area contributed by atoms with E-state index in [2.05, 4.69) is 65.2 Å². The lowest BCUT2D eigenvalue weighted by Crippen LogP contribution is -2.25. The normalized spacial score (nSPS) is 26.9. The van der Waals surface area contributed by atoms with E-state index in [1.54, 1.807) is 0 Å². The molecule has 1 fully saturated rings. The van der Waals surface area contributed by atoms with Gasteiger partial charge in [-0.25, -0.2) is 0 Å². The predicted octanol–water partition coefficient (Wildman–Crippen LogP) is 3.34. The van der Waals surface area contributed by atoms with E-state index < -0.39 is 0 Å². The first-order valence-electron chi connectivity index (χ1n) is 7.53. The van der Waals surface area contributed by atoms with Gasteiger partial charge in [0.25, 0.3) is 0 Å². The summed E-state index contributed by atoms with van der Waals surface area (Å²) in [5.74, 6) is 1.34. The molecule has 1 saturated carbocycles. The first kappa shape index (κ1) is 12.0. The van der Waals surface area contributed by atoms with E-state index >= 15 is 0 Å². The van der Waals surface area contributed by atoms with Crippen LogP contribution in [0, 0.1) is 0 Å². The summed E-state index contributed by atoms with van der Waals surface area (Å²) in [7, 11) is 0. The number of anilines is 1. The topological polar surface area (TPSA) is 24.1 Å². The summed E-state index contributed by atoms with van der Waals surface area (Å²) in [6.07, 6.45) is 1.28. The van der Waals surface area contributed by atoms with E-state index in [-0.39, 0.29) is 0 Å². The van der Waals surface area contributed by atoms with Gasteiger partial charge in [0.1, 0.15) is 0 Å². The number of hydrogen-bond acceptors (Lipinski definition) is 2. The van der Waals surface area contributed by atoms with Gasteiger partial charge in [0.15, 0.2) is 0 Å². The molecule has 0 aromatic heterocycles. The first-order valence-corrected chi connectivity index (χ1v) is 7.53. The van der Waals surface area contributed by atoms with E-state index in [9.17, 15) is 0 Å². The van der Waals surface area contributed by atoms with Gasteiger partial charge in [-0.1, -0.05) is 48.5 Å². The van der Waals surface area contributed by atoms with Crippen LogP contribution in [0.5, 0.6) is 0 Å². The van der Waals surface area contributed by atoms with Crippen LogP contribution in [0.3, 0.4) is 0 Å². The van der Waals surface area contributed by atoms with Crippen LogP contribution < -0.4 is 10.6 Å². The van der Waals surface area contributed by atoms with Gasteiger partial charge in [0.2, 0.25) is 0 Å². The smallest absolute Gasteiger partial charge is 0.0376 e. The minimum absolute atomic E-state index is 0.614. The molecule has 0 spiro atoms. The van der Waals surface area contributed by atoms with Crippen LogP contribution in [0.1, 0.15) is 29.4 Å². The van der Waals surface area contributed by atoms with Crippen LogP contribution >= 0.6 is 0 Å². The molecule has 2 aliphatic rings. The second kappa shape index (κ2) is 4.95. The number of rotatable bonds is 4. The number of para-hydroxylation sites is 1. The molecule has 2 aromatic carbocycles. The molecule has 3 atom stereocenters. The second-order valence-corrected chi connectivity index (χ2v) is 5.93. The molecule has 2 N–H and O–H groups in total. The standard InChI is InChI=1S/C18H20N2/c1-2-6-13(7-3-1)16-10-18(16)20-12-14-11-19-17-9-5-4-8-15(14)17/h1-9,14,16,18-20H,10-12H2. The Hall–Kier alpha value is -1.80. The summed E-state index contributed by atoms with van der Waals surface area (Å²) in [6, 6.07) is 20.2. The van der Waals surface area contributed by atoms with Crippen LogP contribution in [-0.2, 0) is 0 Å². The lowest BCUT2D eigenvalue weighted by Gasteiger charge is -2.11. The molecule has 1 aliphatic heterocycles. The molecular weight excluding hydrogens is 244 g/mol. The fourth-order valence-electron chi connectivity index (χ4n) is 3.32. The van der Waals surface area contributed by atoms with Crippen LogP contribution in [-0.4, -0.2) is 19.1 Å². The molecular formula is C18H20N2. The molecule has 0 amide bonds. The summed E-state index contributed by atoms with van der Waals surface area (Å²) in [6.45, 7) is 2.15. The first-order chi connectivity index (χ1) is 9.92. The van der Waals surface area contributed by atoms with Crippen molar-refractivity contribution in [1.29, 1.82) is 0 Å². The van der Waals surface area contributed by atoms with Crippen molar-refractivity contribution in [3.63, 3.8) is 0 Å². The summed E-state index contributed by atoms with van der Waals surface area (Å²) in [4.78, 5) is 0. The molecule has 3 unspecified atom stereocenters. The maximum Gasteiger partial charge on any atom is 0.0376 e. The fourth-order valence-corrected chi connectivity index (χ4v) is 3.32. The Balaban J connectivity index is 1.35. The molecule has 0 radical (unpaired) electrons. The summed E-state index contributed by atoms with van der Waals surface area (Å²) >= 11 is 0.